The van der Waals surface area contributed by atoms with E-state index in [-0.39, 0.29) is 0 Å². The van der Waals surface area contributed by atoms with Crippen LogP contribution in [0.2, 0.25) is 0 Å². The van der Waals surface area contributed by atoms with Gasteiger partial charge < -0.3 is 4.90 Å². The van der Waals surface area contributed by atoms with E-state index in [1.165, 1.54) is 23.3 Å². The first-order valence-electron chi connectivity index (χ1n) is 8.14. The summed E-state index contributed by atoms with van der Waals surface area (Å²) in [5, 5.41) is 0. The van der Waals surface area contributed by atoms with E-state index in [0.29, 0.717) is 23.8 Å². The standard InChI is InChI=1S/C18H26N2OS/c1-19(11-13-5-4-6-17(7-13)22-3)16-8-14-10-18(21)20(2)12-15(14)9-16/h4-7,14-16H,8-12H2,1-3H3/t14-,15+,16-/m1/s1. The molecule has 1 aromatic carbocycles. The Hall–Kier alpha value is -1.00. The third kappa shape index (κ3) is 3.33. The zero-order valence-electron chi connectivity index (χ0n) is 13.8. The molecule has 1 amide bonds. The third-order valence-corrected chi connectivity index (χ3v) is 6.10. The lowest BCUT2D eigenvalue weighted by molar-refractivity contribution is -0.134. The van der Waals surface area contributed by atoms with Crippen molar-refractivity contribution < 1.29 is 4.79 Å². The fourth-order valence-electron chi connectivity index (χ4n) is 4.04. The van der Waals surface area contributed by atoms with Crippen LogP contribution in [0.3, 0.4) is 0 Å². The lowest BCUT2D eigenvalue weighted by atomic mass is 9.88. The van der Waals surface area contributed by atoms with Gasteiger partial charge >= 0.3 is 0 Å². The van der Waals surface area contributed by atoms with Crippen LogP contribution in [0.5, 0.6) is 0 Å². The zero-order chi connectivity index (χ0) is 15.7. The Kier molecular flexibility index (Phi) is 4.79. The molecule has 3 atom stereocenters. The highest BCUT2D eigenvalue weighted by molar-refractivity contribution is 7.98. The summed E-state index contributed by atoms with van der Waals surface area (Å²) in [6.07, 6.45) is 5.30. The molecule has 1 aliphatic heterocycles. The van der Waals surface area contributed by atoms with Crippen LogP contribution in [-0.2, 0) is 11.3 Å². The minimum atomic E-state index is 0.331. The Labute approximate surface area is 138 Å². The van der Waals surface area contributed by atoms with Gasteiger partial charge in [-0.25, -0.2) is 0 Å². The van der Waals surface area contributed by atoms with Crippen LogP contribution in [0, 0.1) is 11.8 Å². The minimum Gasteiger partial charge on any atom is -0.345 e. The van der Waals surface area contributed by atoms with Crippen molar-refractivity contribution in [3.63, 3.8) is 0 Å². The quantitative estimate of drug-likeness (QED) is 0.797. The predicted octanol–water partition coefficient (Wildman–Crippen LogP) is 3.10. The maximum absolute atomic E-state index is 11.9. The van der Waals surface area contributed by atoms with Crippen LogP contribution in [0.25, 0.3) is 0 Å². The molecule has 2 fully saturated rings. The first-order chi connectivity index (χ1) is 10.6. The fourth-order valence-corrected chi connectivity index (χ4v) is 4.52. The first-order valence-corrected chi connectivity index (χ1v) is 9.36. The van der Waals surface area contributed by atoms with Crippen LogP contribution in [-0.4, -0.2) is 48.6 Å². The van der Waals surface area contributed by atoms with Crippen molar-refractivity contribution in [3.8, 4) is 0 Å². The summed E-state index contributed by atoms with van der Waals surface area (Å²) >= 11 is 1.80. The molecule has 1 aliphatic carbocycles. The van der Waals surface area contributed by atoms with Gasteiger partial charge in [0, 0.05) is 37.5 Å². The molecule has 1 aromatic rings. The van der Waals surface area contributed by atoms with Crippen molar-refractivity contribution in [3.05, 3.63) is 29.8 Å². The van der Waals surface area contributed by atoms with E-state index in [1.807, 2.05) is 11.9 Å². The van der Waals surface area contributed by atoms with Crippen molar-refractivity contribution in [1.29, 1.82) is 0 Å². The molecule has 4 heteroatoms. The Morgan fingerprint density at radius 3 is 2.86 bits per heavy atom. The minimum absolute atomic E-state index is 0.331. The molecule has 3 nitrogen and oxygen atoms in total. The molecule has 3 rings (SSSR count). The van der Waals surface area contributed by atoms with Crippen molar-refractivity contribution >= 4 is 17.7 Å². The molecule has 0 unspecified atom stereocenters. The Morgan fingerprint density at radius 2 is 2.09 bits per heavy atom. The molecule has 0 radical (unpaired) electrons. The third-order valence-electron chi connectivity index (χ3n) is 5.38. The van der Waals surface area contributed by atoms with Crippen LogP contribution >= 0.6 is 11.8 Å². The van der Waals surface area contributed by atoms with E-state index in [0.717, 1.165) is 19.5 Å². The first kappa shape index (κ1) is 15.9. The SMILES string of the molecule is CSc1cccc(CN(C)[C@@H]2C[C@@H]3CC(=O)N(C)C[C@@H]3C2)c1. The molecule has 120 valence electrons. The van der Waals surface area contributed by atoms with E-state index in [4.69, 9.17) is 0 Å². The van der Waals surface area contributed by atoms with Gasteiger partial charge in [0.1, 0.15) is 0 Å². The largest absolute Gasteiger partial charge is 0.345 e. The highest BCUT2D eigenvalue weighted by Gasteiger charge is 2.41. The van der Waals surface area contributed by atoms with Crippen molar-refractivity contribution in [1.82, 2.24) is 9.80 Å². The summed E-state index contributed by atoms with van der Waals surface area (Å²) in [6, 6.07) is 9.44. The number of piperidine rings is 1. The molecule has 22 heavy (non-hydrogen) atoms. The average molecular weight is 318 g/mol. The maximum Gasteiger partial charge on any atom is 0.222 e. The number of nitrogens with zero attached hydrogens (tertiary/aromatic N) is 2. The normalized spacial score (nSPS) is 28.3. The molecule has 1 saturated carbocycles. The number of thioether (sulfide) groups is 1. The summed E-state index contributed by atoms with van der Waals surface area (Å²) in [6.45, 7) is 1.96. The molecule has 1 saturated heterocycles. The number of carbonyl (C=O) groups excluding carboxylic acids is 1. The summed E-state index contributed by atoms with van der Waals surface area (Å²) in [5.74, 6) is 1.64. The number of benzene rings is 1. The van der Waals surface area contributed by atoms with Gasteiger partial charge in [0.15, 0.2) is 0 Å². The van der Waals surface area contributed by atoms with E-state index in [9.17, 15) is 4.79 Å². The summed E-state index contributed by atoms with van der Waals surface area (Å²) in [4.78, 5) is 17.6. The number of rotatable bonds is 4. The van der Waals surface area contributed by atoms with Gasteiger partial charge in [0.05, 0.1) is 0 Å². The van der Waals surface area contributed by atoms with Gasteiger partial charge in [-0.05, 0) is 55.7 Å². The van der Waals surface area contributed by atoms with Crippen LogP contribution < -0.4 is 0 Å². The van der Waals surface area contributed by atoms with Gasteiger partial charge in [-0.15, -0.1) is 11.8 Å². The predicted molar refractivity (Wildman–Crippen MR) is 91.9 cm³/mol. The van der Waals surface area contributed by atoms with E-state index < -0.39 is 0 Å². The summed E-state index contributed by atoms with van der Waals surface area (Å²) < 4.78 is 0. The number of hydrogen-bond acceptors (Lipinski definition) is 3. The molecular weight excluding hydrogens is 292 g/mol. The van der Waals surface area contributed by atoms with Crippen LogP contribution in [0.4, 0.5) is 0 Å². The monoisotopic (exact) mass is 318 g/mol. The topological polar surface area (TPSA) is 23.6 Å². The van der Waals surface area contributed by atoms with Gasteiger partial charge in [0.2, 0.25) is 5.91 Å². The smallest absolute Gasteiger partial charge is 0.222 e. The highest BCUT2D eigenvalue weighted by atomic mass is 32.2. The van der Waals surface area contributed by atoms with Gasteiger partial charge in [-0.1, -0.05) is 12.1 Å². The maximum atomic E-state index is 11.9. The lowest BCUT2D eigenvalue weighted by Gasteiger charge is -2.31. The number of carbonyl (C=O) groups is 1. The summed E-state index contributed by atoms with van der Waals surface area (Å²) in [5.41, 5.74) is 1.39. The Bertz CT molecular complexity index is 548. The fraction of sp³-hybridized carbons (Fsp3) is 0.611. The molecule has 0 bridgehead atoms. The second-order valence-corrected chi connectivity index (χ2v) is 7.77. The second-order valence-electron chi connectivity index (χ2n) is 6.89. The molecule has 0 N–H and O–H groups in total. The van der Waals surface area contributed by atoms with Gasteiger partial charge in [0.25, 0.3) is 0 Å². The van der Waals surface area contributed by atoms with Gasteiger partial charge in [-0.2, -0.15) is 0 Å². The van der Waals surface area contributed by atoms with E-state index >= 15 is 0 Å². The summed E-state index contributed by atoms with van der Waals surface area (Å²) in [7, 11) is 4.18. The molecule has 0 spiro atoms. The van der Waals surface area contributed by atoms with E-state index in [1.54, 1.807) is 11.8 Å². The molecule has 0 aromatic heterocycles. The molecule has 2 aliphatic rings. The average Bonchev–Trinajstić information content (AvgIpc) is 2.91. The van der Waals surface area contributed by atoms with Crippen molar-refractivity contribution in [2.24, 2.45) is 11.8 Å². The molecular formula is C18H26N2OS. The van der Waals surface area contributed by atoms with Crippen LogP contribution in [0.15, 0.2) is 29.2 Å². The van der Waals surface area contributed by atoms with Crippen LogP contribution in [0.1, 0.15) is 24.8 Å². The second kappa shape index (κ2) is 6.63. The number of fused-ring (bicyclic) bond motifs is 1. The van der Waals surface area contributed by atoms with E-state index in [2.05, 4.69) is 42.5 Å². The Balaban J connectivity index is 1.61. The number of amides is 1. The van der Waals surface area contributed by atoms with Crippen molar-refractivity contribution in [2.45, 2.75) is 36.7 Å². The van der Waals surface area contributed by atoms with Crippen molar-refractivity contribution in [2.75, 3.05) is 26.9 Å². The lowest BCUT2D eigenvalue weighted by Crippen LogP contribution is -2.39. The number of likely N-dealkylation sites (tertiary alicyclic amines) is 1. The zero-order valence-corrected chi connectivity index (χ0v) is 14.6. The Morgan fingerprint density at radius 1 is 1.32 bits per heavy atom. The van der Waals surface area contributed by atoms with Gasteiger partial charge in [-0.3, -0.25) is 9.69 Å². The number of hydrogen-bond donors (Lipinski definition) is 0. The highest BCUT2D eigenvalue weighted by Crippen LogP contribution is 2.40. The molecule has 1 heterocycles.